The fourth-order valence-corrected chi connectivity index (χ4v) is 3.51. The van der Waals surface area contributed by atoms with E-state index in [1.54, 1.807) is 0 Å². The molecule has 2 N–H and O–H groups in total. The summed E-state index contributed by atoms with van der Waals surface area (Å²) in [6, 6.07) is 5.89. The van der Waals surface area contributed by atoms with E-state index in [0.29, 0.717) is 0 Å². The van der Waals surface area contributed by atoms with Crippen molar-refractivity contribution in [2.75, 3.05) is 0 Å². The van der Waals surface area contributed by atoms with Crippen LogP contribution in [0, 0.1) is 0 Å². The number of aryl methyl sites for hydroxylation is 1. The maximum atomic E-state index is 6.64. The Hall–Kier alpha value is -1.06. The third kappa shape index (κ3) is 2.05. The van der Waals surface area contributed by atoms with Crippen LogP contribution in [-0.4, -0.2) is 9.55 Å². The minimum Gasteiger partial charge on any atom is -0.325 e. The van der Waals surface area contributed by atoms with Crippen molar-refractivity contribution in [3.63, 3.8) is 0 Å². The number of benzene rings is 1. The van der Waals surface area contributed by atoms with Crippen molar-refractivity contribution in [3.8, 4) is 0 Å². The van der Waals surface area contributed by atoms with Crippen LogP contribution in [0.4, 0.5) is 0 Å². The summed E-state index contributed by atoms with van der Waals surface area (Å²) < 4.78 is 2.20. The van der Waals surface area contributed by atoms with E-state index in [0.717, 1.165) is 41.3 Å². The van der Waals surface area contributed by atoms with Crippen molar-refractivity contribution < 1.29 is 0 Å². The average Bonchev–Trinajstić information content (AvgIpc) is 2.80. The van der Waals surface area contributed by atoms with Gasteiger partial charge in [0.15, 0.2) is 0 Å². The Kier molecular flexibility index (Phi) is 3.27. The summed E-state index contributed by atoms with van der Waals surface area (Å²) in [7, 11) is 0. The number of para-hydroxylation sites is 1. The second-order valence-corrected chi connectivity index (χ2v) is 5.91. The largest absolute Gasteiger partial charge is 0.325 e. The van der Waals surface area contributed by atoms with Gasteiger partial charge in [-0.15, -0.1) is 0 Å². The number of rotatable bonds is 2. The maximum absolute atomic E-state index is 6.64. The lowest BCUT2D eigenvalue weighted by Gasteiger charge is -2.33. The van der Waals surface area contributed by atoms with Gasteiger partial charge in [0.2, 0.25) is 0 Å². The van der Waals surface area contributed by atoms with E-state index in [4.69, 9.17) is 22.3 Å². The lowest BCUT2D eigenvalue weighted by molar-refractivity contribution is 0.279. The number of nitrogens with zero attached hydrogens (tertiary/aromatic N) is 2. The van der Waals surface area contributed by atoms with Gasteiger partial charge in [0.25, 0.3) is 0 Å². The summed E-state index contributed by atoms with van der Waals surface area (Å²) in [6.07, 6.45) is 5.71. The normalized spacial score (nSPS) is 18.9. The molecule has 1 aliphatic rings. The quantitative estimate of drug-likeness (QED) is 0.907. The highest BCUT2D eigenvalue weighted by atomic mass is 35.5. The van der Waals surface area contributed by atoms with Gasteiger partial charge in [0.1, 0.15) is 5.82 Å². The fourth-order valence-electron chi connectivity index (χ4n) is 3.24. The van der Waals surface area contributed by atoms with Crippen LogP contribution in [0.2, 0.25) is 5.02 Å². The first-order valence-electron chi connectivity index (χ1n) is 7.10. The van der Waals surface area contributed by atoms with E-state index in [2.05, 4.69) is 11.5 Å². The monoisotopic (exact) mass is 277 g/mol. The highest BCUT2D eigenvalue weighted by Crippen LogP contribution is 2.37. The zero-order valence-corrected chi connectivity index (χ0v) is 12.1. The summed E-state index contributed by atoms with van der Waals surface area (Å²) in [5.41, 5.74) is 8.35. The zero-order chi connectivity index (χ0) is 13.5. The SMILES string of the molecule is CCn1c(C2(N)CCCCC2)nc2cccc(Cl)c21. The van der Waals surface area contributed by atoms with Crippen molar-refractivity contribution in [1.29, 1.82) is 0 Å². The minimum absolute atomic E-state index is 0.281. The number of imidazole rings is 1. The molecule has 19 heavy (non-hydrogen) atoms. The van der Waals surface area contributed by atoms with Crippen molar-refractivity contribution in [3.05, 3.63) is 29.0 Å². The Morgan fingerprint density at radius 3 is 2.74 bits per heavy atom. The molecular formula is C15H20ClN3. The molecule has 1 fully saturated rings. The highest BCUT2D eigenvalue weighted by molar-refractivity contribution is 6.35. The lowest BCUT2D eigenvalue weighted by Crippen LogP contribution is -2.41. The summed E-state index contributed by atoms with van der Waals surface area (Å²) in [5, 5.41) is 0.762. The van der Waals surface area contributed by atoms with Gasteiger partial charge >= 0.3 is 0 Å². The van der Waals surface area contributed by atoms with Crippen LogP contribution in [0.5, 0.6) is 0 Å². The molecule has 0 spiro atoms. The number of hydrogen-bond donors (Lipinski definition) is 1. The molecule has 0 unspecified atom stereocenters. The first-order chi connectivity index (χ1) is 9.15. The molecular weight excluding hydrogens is 258 g/mol. The lowest BCUT2D eigenvalue weighted by atomic mass is 9.82. The van der Waals surface area contributed by atoms with Crippen LogP contribution in [0.3, 0.4) is 0 Å². The molecule has 0 amide bonds. The Balaban J connectivity index is 2.20. The van der Waals surface area contributed by atoms with Crippen LogP contribution in [-0.2, 0) is 12.1 Å². The maximum Gasteiger partial charge on any atom is 0.130 e. The standard InChI is InChI=1S/C15H20ClN3/c1-2-19-13-11(16)7-6-8-12(13)18-14(19)15(17)9-4-3-5-10-15/h6-8H,2-5,9-10,17H2,1H3. The summed E-state index contributed by atoms with van der Waals surface area (Å²) in [4.78, 5) is 4.79. The van der Waals surface area contributed by atoms with E-state index < -0.39 is 0 Å². The molecule has 2 aromatic rings. The molecule has 1 heterocycles. The van der Waals surface area contributed by atoms with Crippen molar-refractivity contribution in [2.45, 2.75) is 51.1 Å². The number of hydrogen-bond acceptors (Lipinski definition) is 2. The molecule has 0 bridgehead atoms. The molecule has 1 aromatic carbocycles. The van der Waals surface area contributed by atoms with Gasteiger partial charge in [0, 0.05) is 6.54 Å². The highest BCUT2D eigenvalue weighted by Gasteiger charge is 2.34. The second kappa shape index (κ2) is 4.80. The predicted octanol–water partition coefficient (Wildman–Crippen LogP) is 3.83. The number of halogens is 1. The van der Waals surface area contributed by atoms with E-state index >= 15 is 0 Å². The summed E-state index contributed by atoms with van der Waals surface area (Å²) in [6.45, 7) is 2.98. The molecule has 1 aromatic heterocycles. The Bertz CT molecular complexity index is 597. The zero-order valence-electron chi connectivity index (χ0n) is 11.3. The molecule has 0 atom stereocenters. The first-order valence-corrected chi connectivity index (χ1v) is 7.47. The number of aromatic nitrogens is 2. The molecule has 0 saturated heterocycles. The molecule has 0 aliphatic heterocycles. The van der Waals surface area contributed by atoms with E-state index in [9.17, 15) is 0 Å². The molecule has 1 aliphatic carbocycles. The third-order valence-corrected chi connectivity index (χ3v) is 4.53. The van der Waals surface area contributed by atoms with Crippen LogP contribution < -0.4 is 5.73 Å². The van der Waals surface area contributed by atoms with Gasteiger partial charge in [0.05, 0.1) is 21.6 Å². The molecule has 4 heteroatoms. The molecule has 1 saturated carbocycles. The smallest absolute Gasteiger partial charge is 0.130 e. The van der Waals surface area contributed by atoms with Crippen LogP contribution >= 0.6 is 11.6 Å². The van der Waals surface area contributed by atoms with E-state index in [-0.39, 0.29) is 5.54 Å². The fraction of sp³-hybridized carbons (Fsp3) is 0.533. The number of nitrogens with two attached hydrogens (primary N) is 1. The summed E-state index contributed by atoms with van der Waals surface area (Å²) >= 11 is 6.34. The Morgan fingerprint density at radius 2 is 2.05 bits per heavy atom. The predicted molar refractivity (Wildman–Crippen MR) is 79.4 cm³/mol. The number of fused-ring (bicyclic) bond motifs is 1. The minimum atomic E-state index is -0.281. The van der Waals surface area contributed by atoms with Crippen LogP contribution in [0.1, 0.15) is 44.9 Å². The van der Waals surface area contributed by atoms with Gasteiger partial charge in [-0.25, -0.2) is 4.98 Å². The second-order valence-electron chi connectivity index (χ2n) is 5.50. The topological polar surface area (TPSA) is 43.8 Å². The van der Waals surface area contributed by atoms with Gasteiger partial charge < -0.3 is 10.3 Å². The van der Waals surface area contributed by atoms with Gasteiger partial charge in [-0.1, -0.05) is 36.9 Å². The van der Waals surface area contributed by atoms with Crippen molar-refractivity contribution in [1.82, 2.24) is 9.55 Å². The van der Waals surface area contributed by atoms with Crippen molar-refractivity contribution in [2.24, 2.45) is 5.73 Å². The molecule has 0 radical (unpaired) electrons. The summed E-state index contributed by atoms with van der Waals surface area (Å²) in [5.74, 6) is 1.01. The van der Waals surface area contributed by atoms with Gasteiger partial charge in [-0.3, -0.25) is 0 Å². The molecule has 102 valence electrons. The van der Waals surface area contributed by atoms with Gasteiger partial charge in [-0.2, -0.15) is 0 Å². The van der Waals surface area contributed by atoms with E-state index in [1.807, 2.05) is 18.2 Å². The average molecular weight is 278 g/mol. The Morgan fingerprint density at radius 1 is 1.32 bits per heavy atom. The molecule has 3 nitrogen and oxygen atoms in total. The van der Waals surface area contributed by atoms with Crippen LogP contribution in [0.25, 0.3) is 11.0 Å². The molecule has 3 rings (SSSR count). The third-order valence-electron chi connectivity index (χ3n) is 4.22. The van der Waals surface area contributed by atoms with Crippen LogP contribution in [0.15, 0.2) is 18.2 Å². The van der Waals surface area contributed by atoms with Crippen molar-refractivity contribution >= 4 is 22.6 Å². The van der Waals surface area contributed by atoms with Gasteiger partial charge in [-0.05, 0) is 31.9 Å². The Labute approximate surface area is 118 Å². The first kappa shape index (κ1) is 12.9. The van der Waals surface area contributed by atoms with E-state index in [1.165, 1.54) is 19.3 Å².